The van der Waals surface area contributed by atoms with Crippen LogP contribution in [-0.4, -0.2) is 53.8 Å². The Labute approximate surface area is 146 Å². The molecule has 1 N–H and O–H groups in total. The highest BCUT2D eigenvalue weighted by atomic mass is 19.1. The molecule has 2 amide bonds. The highest BCUT2D eigenvalue weighted by Crippen LogP contribution is 2.25. The molecule has 0 unspecified atom stereocenters. The standard InChI is InChI=1S/C19H24FN3O2/c1-12-15(16-10-14(20)4-5-17(16)21-12)11-18(24)23-8-6-13(7-9-23)19(25)22(2)3/h4-5,10,13,21H,6-9,11H2,1-3H3. The second-order valence-electron chi connectivity index (χ2n) is 6.98. The predicted octanol–water partition coefficient (Wildman–Crippen LogP) is 2.48. The number of benzene rings is 1. The van der Waals surface area contributed by atoms with E-state index in [1.165, 1.54) is 12.1 Å². The van der Waals surface area contributed by atoms with E-state index in [1.54, 1.807) is 25.1 Å². The maximum atomic E-state index is 13.6. The number of likely N-dealkylation sites (tertiary alicyclic amines) is 1. The maximum Gasteiger partial charge on any atom is 0.227 e. The molecule has 0 aliphatic carbocycles. The van der Waals surface area contributed by atoms with Gasteiger partial charge >= 0.3 is 0 Å². The molecule has 25 heavy (non-hydrogen) atoms. The molecule has 2 aromatic rings. The third kappa shape index (κ3) is 3.52. The summed E-state index contributed by atoms with van der Waals surface area (Å²) >= 11 is 0. The van der Waals surface area contributed by atoms with Crippen LogP contribution in [0.25, 0.3) is 10.9 Å². The molecule has 0 radical (unpaired) electrons. The monoisotopic (exact) mass is 345 g/mol. The fourth-order valence-electron chi connectivity index (χ4n) is 3.59. The lowest BCUT2D eigenvalue weighted by molar-refractivity contribution is -0.138. The van der Waals surface area contributed by atoms with E-state index >= 15 is 0 Å². The Balaban J connectivity index is 1.69. The minimum Gasteiger partial charge on any atom is -0.358 e. The molecule has 2 heterocycles. The molecule has 0 saturated carbocycles. The van der Waals surface area contributed by atoms with E-state index in [0.29, 0.717) is 25.9 Å². The smallest absolute Gasteiger partial charge is 0.227 e. The summed E-state index contributed by atoms with van der Waals surface area (Å²) < 4.78 is 13.6. The molecule has 5 nitrogen and oxygen atoms in total. The fourth-order valence-corrected chi connectivity index (χ4v) is 3.59. The lowest BCUT2D eigenvalue weighted by Crippen LogP contribution is -2.43. The quantitative estimate of drug-likeness (QED) is 0.929. The number of aromatic amines is 1. The van der Waals surface area contributed by atoms with Gasteiger partial charge in [0.05, 0.1) is 6.42 Å². The van der Waals surface area contributed by atoms with Crippen LogP contribution in [0.5, 0.6) is 0 Å². The van der Waals surface area contributed by atoms with Crippen molar-refractivity contribution < 1.29 is 14.0 Å². The number of H-pyrrole nitrogens is 1. The Morgan fingerprint density at radius 2 is 1.96 bits per heavy atom. The Morgan fingerprint density at radius 1 is 1.28 bits per heavy atom. The summed E-state index contributed by atoms with van der Waals surface area (Å²) in [7, 11) is 3.53. The zero-order chi connectivity index (χ0) is 18.1. The highest BCUT2D eigenvalue weighted by molar-refractivity contribution is 5.90. The van der Waals surface area contributed by atoms with Gasteiger partial charge in [-0.1, -0.05) is 0 Å². The number of piperidine rings is 1. The van der Waals surface area contributed by atoms with Crippen LogP contribution in [0.1, 0.15) is 24.1 Å². The first-order valence-electron chi connectivity index (χ1n) is 8.62. The van der Waals surface area contributed by atoms with Gasteiger partial charge in [0.25, 0.3) is 0 Å². The number of aromatic nitrogens is 1. The first kappa shape index (κ1) is 17.5. The molecule has 1 aliphatic rings. The van der Waals surface area contributed by atoms with Crippen LogP contribution in [0.2, 0.25) is 0 Å². The normalized spacial score (nSPS) is 15.6. The average Bonchev–Trinajstić information content (AvgIpc) is 2.89. The summed E-state index contributed by atoms with van der Waals surface area (Å²) in [4.78, 5) is 31.4. The summed E-state index contributed by atoms with van der Waals surface area (Å²) in [6, 6.07) is 4.59. The third-order valence-electron chi connectivity index (χ3n) is 5.05. The van der Waals surface area contributed by atoms with Crippen molar-refractivity contribution in [1.29, 1.82) is 0 Å². The van der Waals surface area contributed by atoms with E-state index in [-0.39, 0.29) is 30.0 Å². The minimum atomic E-state index is -0.303. The van der Waals surface area contributed by atoms with Crippen molar-refractivity contribution in [2.75, 3.05) is 27.2 Å². The van der Waals surface area contributed by atoms with Crippen molar-refractivity contribution in [1.82, 2.24) is 14.8 Å². The minimum absolute atomic E-state index is 0.00275. The molecule has 1 fully saturated rings. The van der Waals surface area contributed by atoms with Crippen LogP contribution in [0.15, 0.2) is 18.2 Å². The van der Waals surface area contributed by atoms with Crippen molar-refractivity contribution in [2.24, 2.45) is 5.92 Å². The number of carbonyl (C=O) groups excluding carboxylic acids is 2. The van der Waals surface area contributed by atoms with Gasteiger partial charge in [-0.05, 0) is 43.5 Å². The SMILES string of the molecule is Cc1[nH]c2ccc(F)cc2c1CC(=O)N1CCC(C(=O)N(C)C)CC1. The number of nitrogens with zero attached hydrogens (tertiary/aromatic N) is 2. The van der Waals surface area contributed by atoms with Gasteiger partial charge in [-0.3, -0.25) is 9.59 Å². The van der Waals surface area contributed by atoms with Gasteiger partial charge in [-0.15, -0.1) is 0 Å². The summed E-state index contributed by atoms with van der Waals surface area (Å²) in [5.74, 6) is -0.134. The molecule has 1 aliphatic heterocycles. The molecule has 0 bridgehead atoms. The first-order valence-corrected chi connectivity index (χ1v) is 8.62. The van der Waals surface area contributed by atoms with Crippen molar-refractivity contribution >= 4 is 22.7 Å². The van der Waals surface area contributed by atoms with E-state index in [9.17, 15) is 14.0 Å². The third-order valence-corrected chi connectivity index (χ3v) is 5.05. The van der Waals surface area contributed by atoms with Crippen LogP contribution in [-0.2, 0) is 16.0 Å². The van der Waals surface area contributed by atoms with Gasteiger partial charge in [0.15, 0.2) is 0 Å². The molecular formula is C19H24FN3O2. The number of carbonyl (C=O) groups is 2. The Morgan fingerprint density at radius 3 is 2.60 bits per heavy atom. The number of halogens is 1. The summed E-state index contributed by atoms with van der Waals surface area (Å²) in [5, 5.41) is 0.767. The lowest BCUT2D eigenvalue weighted by atomic mass is 9.95. The van der Waals surface area contributed by atoms with E-state index in [0.717, 1.165) is 22.2 Å². The Hall–Kier alpha value is -2.37. The van der Waals surface area contributed by atoms with E-state index in [1.807, 2.05) is 11.8 Å². The van der Waals surface area contributed by atoms with Crippen LogP contribution >= 0.6 is 0 Å². The maximum absolute atomic E-state index is 13.6. The highest BCUT2D eigenvalue weighted by Gasteiger charge is 2.28. The zero-order valence-corrected chi connectivity index (χ0v) is 14.9. The zero-order valence-electron chi connectivity index (χ0n) is 14.9. The number of fused-ring (bicyclic) bond motifs is 1. The molecule has 0 spiro atoms. The van der Waals surface area contributed by atoms with Gasteiger partial charge in [-0.2, -0.15) is 0 Å². The van der Waals surface area contributed by atoms with Gasteiger partial charge in [0.2, 0.25) is 11.8 Å². The van der Waals surface area contributed by atoms with E-state index < -0.39 is 0 Å². The van der Waals surface area contributed by atoms with Crippen LogP contribution in [0.4, 0.5) is 4.39 Å². The Kier molecular flexibility index (Phi) is 4.79. The lowest BCUT2D eigenvalue weighted by Gasteiger charge is -2.32. The summed E-state index contributed by atoms with van der Waals surface area (Å²) in [6.45, 7) is 3.10. The molecule has 1 aromatic heterocycles. The predicted molar refractivity (Wildman–Crippen MR) is 94.7 cm³/mol. The number of rotatable bonds is 3. The first-order chi connectivity index (χ1) is 11.9. The number of hydrogen-bond donors (Lipinski definition) is 1. The molecule has 6 heteroatoms. The number of amides is 2. The summed E-state index contributed by atoms with van der Waals surface area (Å²) in [5.41, 5.74) is 2.59. The van der Waals surface area contributed by atoms with Crippen LogP contribution in [0.3, 0.4) is 0 Å². The fraction of sp³-hybridized carbons (Fsp3) is 0.474. The van der Waals surface area contributed by atoms with Crippen molar-refractivity contribution in [3.63, 3.8) is 0 Å². The second kappa shape index (κ2) is 6.86. The Bertz CT molecular complexity index is 804. The molecule has 1 saturated heterocycles. The van der Waals surface area contributed by atoms with Gasteiger partial charge < -0.3 is 14.8 Å². The summed E-state index contributed by atoms with van der Waals surface area (Å²) in [6.07, 6.45) is 1.65. The van der Waals surface area contributed by atoms with E-state index in [2.05, 4.69) is 4.98 Å². The average molecular weight is 345 g/mol. The van der Waals surface area contributed by atoms with E-state index in [4.69, 9.17) is 0 Å². The second-order valence-corrected chi connectivity index (χ2v) is 6.98. The largest absolute Gasteiger partial charge is 0.358 e. The van der Waals surface area contributed by atoms with Gasteiger partial charge in [0, 0.05) is 49.7 Å². The molecule has 0 atom stereocenters. The number of aryl methyl sites for hydroxylation is 1. The molecule has 1 aromatic carbocycles. The molecule has 134 valence electrons. The topological polar surface area (TPSA) is 56.4 Å². The number of hydrogen-bond acceptors (Lipinski definition) is 2. The van der Waals surface area contributed by atoms with Crippen LogP contribution in [0, 0.1) is 18.7 Å². The van der Waals surface area contributed by atoms with Crippen molar-refractivity contribution in [3.05, 3.63) is 35.3 Å². The van der Waals surface area contributed by atoms with Crippen molar-refractivity contribution in [3.8, 4) is 0 Å². The van der Waals surface area contributed by atoms with Gasteiger partial charge in [0.1, 0.15) is 5.82 Å². The molecular weight excluding hydrogens is 321 g/mol. The van der Waals surface area contributed by atoms with Gasteiger partial charge in [-0.25, -0.2) is 4.39 Å². The van der Waals surface area contributed by atoms with Crippen LogP contribution < -0.4 is 0 Å². The number of nitrogens with one attached hydrogen (secondary N) is 1. The van der Waals surface area contributed by atoms with Crippen molar-refractivity contribution in [2.45, 2.75) is 26.2 Å². The molecule has 3 rings (SSSR count).